The van der Waals surface area contributed by atoms with E-state index in [0.29, 0.717) is 35.2 Å². The Bertz CT molecular complexity index is 1010. The number of thioether (sulfide) groups is 1. The maximum Gasteiger partial charge on any atom is 0.315 e. The number of carbonyl (C=O) groups excluding carboxylic acids is 1. The number of halogens is 1. The first-order chi connectivity index (χ1) is 16.7. The number of hydrogen-bond acceptors (Lipinski definition) is 8. The Balaban J connectivity index is 2.07. The average Bonchev–Trinajstić information content (AvgIpc) is 2.91. The first-order valence-electron chi connectivity index (χ1n) is 11.7. The molecule has 35 heavy (non-hydrogen) atoms. The molecule has 1 unspecified atom stereocenters. The number of hydrogen-bond donors (Lipinski definition) is 2. The van der Waals surface area contributed by atoms with E-state index < -0.39 is 10.8 Å². The van der Waals surface area contributed by atoms with Gasteiger partial charge in [0.05, 0.1) is 30.1 Å². The summed E-state index contributed by atoms with van der Waals surface area (Å²) in [7, 11) is -0.0153. The number of rotatable bonds is 10. The summed E-state index contributed by atoms with van der Waals surface area (Å²) in [5.41, 5.74) is 2.12. The smallest absolute Gasteiger partial charge is 0.315 e. The summed E-state index contributed by atoms with van der Waals surface area (Å²) in [6.45, 7) is 4.70. The standard InChI is InChI=1S/C25H35FN2O5S2/c1-5-7-8-21-15-28(20-11-9-19(26)10-12-20)22-14-23(32-4)18(16-34-17-25(29)33-6-2)13-24(22)35(30,31)27(21)3/h9-14,21,30-31H,5-8,15-17H2,1-4H3. The molecule has 2 N–H and O–H groups in total. The van der Waals surface area contributed by atoms with Crippen LogP contribution in [0.4, 0.5) is 15.8 Å². The predicted molar refractivity (Wildman–Crippen MR) is 141 cm³/mol. The van der Waals surface area contributed by atoms with Crippen molar-refractivity contribution in [2.24, 2.45) is 0 Å². The lowest BCUT2D eigenvalue weighted by molar-refractivity contribution is -0.139. The van der Waals surface area contributed by atoms with Crippen molar-refractivity contribution >= 4 is 39.9 Å². The van der Waals surface area contributed by atoms with Gasteiger partial charge in [-0.15, -0.1) is 22.5 Å². The fraction of sp³-hybridized carbons (Fsp3) is 0.480. The zero-order chi connectivity index (χ0) is 25.6. The third-order valence-corrected chi connectivity index (χ3v) is 9.04. The molecule has 1 heterocycles. The highest BCUT2D eigenvalue weighted by Gasteiger charge is 2.37. The van der Waals surface area contributed by atoms with E-state index in [4.69, 9.17) is 9.47 Å². The number of anilines is 2. The van der Waals surface area contributed by atoms with Crippen molar-refractivity contribution < 1.29 is 27.8 Å². The molecule has 2 aromatic carbocycles. The molecule has 0 fully saturated rings. The highest BCUT2D eigenvalue weighted by molar-refractivity contribution is 8.22. The SMILES string of the molecule is CCCCC1CN(c2ccc(F)cc2)c2cc(OC)c(CSCC(=O)OCC)cc2S(O)(O)N1C. The molecule has 0 aliphatic carbocycles. The van der Waals surface area contributed by atoms with E-state index >= 15 is 0 Å². The number of esters is 1. The molecule has 3 rings (SSSR count). The molecule has 1 aliphatic heterocycles. The van der Waals surface area contributed by atoms with Crippen LogP contribution in [0.25, 0.3) is 0 Å². The summed E-state index contributed by atoms with van der Waals surface area (Å²) in [6.07, 6.45) is 2.72. The van der Waals surface area contributed by atoms with Crippen LogP contribution in [0.1, 0.15) is 38.7 Å². The van der Waals surface area contributed by atoms with Crippen molar-refractivity contribution in [2.75, 3.05) is 38.0 Å². The quantitative estimate of drug-likeness (QED) is 0.349. The summed E-state index contributed by atoms with van der Waals surface area (Å²) in [5, 5.41) is 0. The van der Waals surface area contributed by atoms with Crippen molar-refractivity contribution in [3.8, 4) is 5.75 Å². The molecule has 0 saturated heterocycles. The summed E-state index contributed by atoms with van der Waals surface area (Å²) in [5.74, 6) is 0.572. The molecular formula is C25H35FN2O5S2. The Morgan fingerprint density at radius 3 is 2.57 bits per heavy atom. The second kappa shape index (κ2) is 12.3. The molecule has 1 atom stereocenters. The molecule has 0 amide bonds. The second-order valence-corrected chi connectivity index (χ2v) is 11.4. The number of ether oxygens (including phenoxy) is 2. The van der Waals surface area contributed by atoms with Gasteiger partial charge in [-0.2, -0.15) is 0 Å². The van der Waals surface area contributed by atoms with Crippen LogP contribution >= 0.6 is 22.5 Å². The van der Waals surface area contributed by atoms with Gasteiger partial charge in [0.15, 0.2) is 0 Å². The lowest BCUT2D eigenvalue weighted by Crippen LogP contribution is -2.39. The van der Waals surface area contributed by atoms with Crippen LogP contribution in [0.5, 0.6) is 5.75 Å². The van der Waals surface area contributed by atoms with Crippen LogP contribution in [0, 0.1) is 5.82 Å². The zero-order valence-corrected chi connectivity index (χ0v) is 22.3. The molecule has 0 aromatic heterocycles. The van der Waals surface area contributed by atoms with Gasteiger partial charge in [-0.25, -0.2) is 8.70 Å². The number of methoxy groups -OCH3 is 1. The van der Waals surface area contributed by atoms with Crippen molar-refractivity contribution in [1.82, 2.24) is 4.31 Å². The van der Waals surface area contributed by atoms with Crippen LogP contribution in [-0.4, -0.2) is 58.5 Å². The molecule has 10 heteroatoms. The van der Waals surface area contributed by atoms with Gasteiger partial charge >= 0.3 is 5.97 Å². The van der Waals surface area contributed by atoms with Crippen LogP contribution in [0.2, 0.25) is 0 Å². The Labute approximate surface area is 213 Å². The first-order valence-corrected chi connectivity index (χ1v) is 14.4. The molecule has 0 radical (unpaired) electrons. The third kappa shape index (κ3) is 6.42. The minimum atomic E-state index is -3.32. The molecule has 1 aliphatic rings. The van der Waals surface area contributed by atoms with Gasteiger partial charge in [-0.1, -0.05) is 19.8 Å². The molecule has 2 aromatic rings. The summed E-state index contributed by atoms with van der Waals surface area (Å²) in [4.78, 5) is 14.2. The third-order valence-electron chi connectivity index (χ3n) is 6.07. The maximum absolute atomic E-state index is 13.7. The lowest BCUT2D eigenvalue weighted by atomic mass is 10.1. The van der Waals surface area contributed by atoms with E-state index in [-0.39, 0.29) is 23.6 Å². The van der Waals surface area contributed by atoms with E-state index in [9.17, 15) is 18.3 Å². The summed E-state index contributed by atoms with van der Waals surface area (Å²) >= 11 is 1.37. The largest absolute Gasteiger partial charge is 0.496 e. The highest BCUT2D eigenvalue weighted by atomic mass is 32.3. The molecule has 0 saturated carbocycles. The van der Waals surface area contributed by atoms with Gasteiger partial charge in [-0.3, -0.25) is 13.9 Å². The Morgan fingerprint density at radius 1 is 1.23 bits per heavy atom. The number of nitrogens with zero attached hydrogens (tertiary/aromatic N) is 2. The normalized spacial score (nSPS) is 18.5. The monoisotopic (exact) mass is 526 g/mol. The Morgan fingerprint density at radius 2 is 1.94 bits per heavy atom. The van der Waals surface area contributed by atoms with Crippen molar-refractivity contribution in [2.45, 2.75) is 49.8 Å². The van der Waals surface area contributed by atoms with Crippen LogP contribution in [-0.2, 0) is 15.3 Å². The maximum atomic E-state index is 13.7. The minimum absolute atomic E-state index is 0.134. The fourth-order valence-electron chi connectivity index (χ4n) is 4.14. The van der Waals surface area contributed by atoms with Crippen molar-refractivity contribution in [3.63, 3.8) is 0 Å². The summed E-state index contributed by atoms with van der Waals surface area (Å²) < 4.78 is 49.0. The molecule has 0 bridgehead atoms. The van der Waals surface area contributed by atoms with E-state index in [2.05, 4.69) is 6.92 Å². The number of unbranched alkanes of at least 4 members (excludes halogenated alkanes) is 1. The van der Waals surface area contributed by atoms with Gasteiger partial charge in [0.25, 0.3) is 0 Å². The second-order valence-electron chi connectivity index (χ2n) is 8.38. The van der Waals surface area contributed by atoms with Gasteiger partial charge < -0.3 is 14.4 Å². The van der Waals surface area contributed by atoms with Gasteiger partial charge in [0.1, 0.15) is 11.6 Å². The van der Waals surface area contributed by atoms with E-state index in [0.717, 1.165) is 30.5 Å². The van der Waals surface area contributed by atoms with E-state index in [1.54, 1.807) is 43.6 Å². The number of fused-ring (bicyclic) bond motifs is 1. The Hall–Kier alpha value is -1.98. The topological polar surface area (TPSA) is 82.5 Å². The lowest BCUT2D eigenvalue weighted by Gasteiger charge is -2.43. The number of likely N-dealkylation sites (N-methyl/N-ethyl adjacent to an activating group) is 1. The van der Waals surface area contributed by atoms with Crippen LogP contribution in [0.15, 0.2) is 41.3 Å². The minimum Gasteiger partial charge on any atom is -0.496 e. The van der Waals surface area contributed by atoms with E-state index in [1.165, 1.54) is 23.9 Å². The highest BCUT2D eigenvalue weighted by Crippen LogP contribution is 2.59. The van der Waals surface area contributed by atoms with Crippen molar-refractivity contribution in [1.29, 1.82) is 0 Å². The van der Waals surface area contributed by atoms with E-state index in [1.807, 2.05) is 11.0 Å². The number of benzene rings is 2. The molecule has 0 spiro atoms. The van der Waals surface area contributed by atoms with Gasteiger partial charge in [0, 0.05) is 42.7 Å². The van der Waals surface area contributed by atoms with Crippen molar-refractivity contribution in [3.05, 3.63) is 47.8 Å². The number of carbonyl (C=O) groups is 1. The molecule has 194 valence electrons. The zero-order valence-electron chi connectivity index (χ0n) is 20.7. The predicted octanol–water partition coefficient (Wildman–Crippen LogP) is 6.30. The molecule has 7 nitrogen and oxygen atoms in total. The van der Waals surface area contributed by atoms with Gasteiger partial charge in [-0.05, 0) is 43.7 Å². The average molecular weight is 527 g/mol. The Kier molecular flexibility index (Phi) is 9.71. The fourth-order valence-corrected chi connectivity index (χ4v) is 6.58. The first kappa shape index (κ1) is 27.6. The van der Waals surface area contributed by atoms with Crippen LogP contribution < -0.4 is 9.64 Å². The van der Waals surface area contributed by atoms with Crippen LogP contribution in [0.3, 0.4) is 0 Å². The molecular weight excluding hydrogens is 491 g/mol. The summed E-state index contributed by atoms with van der Waals surface area (Å²) in [6, 6.07) is 9.64. The van der Waals surface area contributed by atoms with Gasteiger partial charge in [0.2, 0.25) is 0 Å².